The Bertz CT molecular complexity index is 898. The van der Waals surface area contributed by atoms with Crippen LogP contribution in [0.4, 0.5) is 5.69 Å². The summed E-state index contributed by atoms with van der Waals surface area (Å²) in [7, 11) is 0. The summed E-state index contributed by atoms with van der Waals surface area (Å²) in [6.45, 7) is 0.578. The molecule has 1 heterocycles. The Kier molecular flexibility index (Phi) is 3.72. The van der Waals surface area contributed by atoms with Gasteiger partial charge in [-0.25, -0.2) is 0 Å². The van der Waals surface area contributed by atoms with Crippen molar-refractivity contribution in [2.24, 2.45) is 0 Å². The fraction of sp³-hybridized carbons (Fsp3) is 0.0455. The minimum absolute atomic E-state index is 0.0320. The largest absolute Gasteiger partial charge is 0.303 e. The quantitative estimate of drug-likeness (QED) is 0.660. The van der Waals surface area contributed by atoms with E-state index in [1.807, 2.05) is 71.6 Å². The van der Waals surface area contributed by atoms with Crippen LogP contribution >= 0.6 is 0 Å². The molecule has 0 bridgehead atoms. The SMILES string of the molecule is O=C(c1ccccc1)N1CC(c2ccccc2)=Cc2ccccc21. The van der Waals surface area contributed by atoms with E-state index in [1.54, 1.807) is 0 Å². The van der Waals surface area contributed by atoms with Crippen molar-refractivity contribution in [3.8, 4) is 0 Å². The maximum Gasteiger partial charge on any atom is 0.258 e. The summed E-state index contributed by atoms with van der Waals surface area (Å²) in [4.78, 5) is 14.9. The van der Waals surface area contributed by atoms with Crippen molar-refractivity contribution in [2.75, 3.05) is 11.4 Å². The number of benzene rings is 3. The van der Waals surface area contributed by atoms with Crippen LogP contribution in [0.3, 0.4) is 0 Å². The standard InChI is InChI=1S/C22H17NO/c24-22(18-11-5-2-6-12-18)23-16-20(17-9-3-1-4-10-17)15-19-13-7-8-14-21(19)23/h1-15H,16H2. The number of para-hydroxylation sites is 1. The van der Waals surface area contributed by atoms with Crippen molar-refractivity contribution < 1.29 is 4.79 Å². The normalized spacial score (nSPS) is 13.2. The maximum absolute atomic E-state index is 13.0. The van der Waals surface area contributed by atoms with Crippen LogP contribution in [0.5, 0.6) is 0 Å². The Morgan fingerprint density at radius 2 is 1.38 bits per heavy atom. The molecule has 3 aromatic rings. The zero-order valence-corrected chi connectivity index (χ0v) is 13.2. The smallest absolute Gasteiger partial charge is 0.258 e. The van der Waals surface area contributed by atoms with E-state index in [1.165, 1.54) is 0 Å². The van der Waals surface area contributed by atoms with E-state index in [0.717, 1.165) is 22.4 Å². The molecule has 0 aromatic heterocycles. The van der Waals surface area contributed by atoms with E-state index in [0.29, 0.717) is 12.1 Å². The summed E-state index contributed by atoms with van der Waals surface area (Å²) < 4.78 is 0. The molecule has 1 aliphatic rings. The van der Waals surface area contributed by atoms with Crippen LogP contribution in [-0.4, -0.2) is 12.5 Å². The Morgan fingerprint density at radius 3 is 2.12 bits per heavy atom. The summed E-state index contributed by atoms with van der Waals surface area (Å²) in [6.07, 6.45) is 2.18. The van der Waals surface area contributed by atoms with Gasteiger partial charge in [0.25, 0.3) is 5.91 Å². The average molecular weight is 311 g/mol. The zero-order valence-electron chi connectivity index (χ0n) is 13.2. The van der Waals surface area contributed by atoms with E-state index in [4.69, 9.17) is 0 Å². The van der Waals surface area contributed by atoms with E-state index in [-0.39, 0.29) is 5.91 Å². The first-order chi connectivity index (χ1) is 11.8. The molecular weight excluding hydrogens is 294 g/mol. The Hall–Kier alpha value is -3.13. The third-order valence-electron chi connectivity index (χ3n) is 4.30. The Morgan fingerprint density at radius 1 is 0.750 bits per heavy atom. The molecular formula is C22H17NO. The first-order valence-corrected chi connectivity index (χ1v) is 8.05. The predicted molar refractivity (Wildman–Crippen MR) is 98.9 cm³/mol. The van der Waals surface area contributed by atoms with Crippen LogP contribution in [0, 0.1) is 0 Å². The third kappa shape index (κ3) is 2.63. The average Bonchev–Trinajstić information content (AvgIpc) is 2.68. The summed E-state index contributed by atoms with van der Waals surface area (Å²) in [5.41, 5.74) is 5.05. The molecule has 1 aliphatic heterocycles. The summed E-state index contributed by atoms with van der Waals surface area (Å²) in [6, 6.07) is 27.8. The Labute approximate surface area is 141 Å². The van der Waals surface area contributed by atoms with E-state index in [2.05, 4.69) is 24.3 Å². The number of nitrogens with zero attached hydrogens (tertiary/aromatic N) is 1. The molecule has 4 rings (SSSR count). The van der Waals surface area contributed by atoms with Gasteiger partial charge in [-0.15, -0.1) is 0 Å². The molecule has 0 fully saturated rings. The molecule has 0 radical (unpaired) electrons. The Balaban J connectivity index is 1.78. The number of carbonyl (C=O) groups is 1. The second-order valence-electron chi connectivity index (χ2n) is 5.85. The highest BCUT2D eigenvalue weighted by molar-refractivity contribution is 6.10. The maximum atomic E-state index is 13.0. The van der Waals surface area contributed by atoms with Crippen molar-refractivity contribution in [3.63, 3.8) is 0 Å². The first-order valence-electron chi connectivity index (χ1n) is 8.05. The van der Waals surface area contributed by atoms with Crippen LogP contribution < -0.4 is 4.90 Å². The molecule has 0 aliphatic carbocycles. The highest BCUT2D eigenvalue weighted by atomic mass is 16.2. The molecule has 0 N–H and O–H groups in total. The van der Waals surface area contributed by atoms with Crippen LogP contribution in [0.2, 0.25) is 0 Å². The van der Waals surface area contributed by atoms with Crippen molar-refractivity contribution in [1.82, 2.24) is 0 Å². The second kappa shape index (κ2) is 6.17. The second-order valence-corrected chi connectivity index (χ2v) is 5.85. The monoisotopic (exact) mass is 311 g/mol. The molecule has 116 valence electrons. The van der Waals surface area contributed by atoms with Gasteiger partial charge in [0.15, 0.2) is 0 Å². The minimum Gasteiger partial charge on any atom is -0.303 e. The molecule has 0 saturated heterocycles. The van der Waals surface area contributed by atoms with Crippen molar-refractivity contribution >= 4 is 23.2 Å². The molecule has 2 heteroatoms. The number of rotatable bonds is 2. The fourth-order valence-corrected chi connectivity index (χ4v) is 3.09. The molecule has 0 spiro atoms. The lowest BCUT2D eigenvalue weighted by Crippen LogP contribution is -2.34. The lowest BCUT2D eigenvalue weighted by atomic mass is 9.96. The lowest BCUT2D eigenvalue weighted by molar-refractivity contribution is 0.0990. The molecule has 0 saturated carbocycles. The highest BCUT2D eigenvalue weighted by Gasteiger charge is 2.24. The van der Waals surface area contributed by atoms with Gasteiger partial charge in [-0.2, -0.15) is 0 Å². The molecule has 0 atom stereocenters. The molecule has 1 amide bonds. The summed E-state index contributed by atoms with van der Waals surface area (Å²) in [5.74, 6) is 0.0320. The number of hydrogen-bond acceptors (Lipinski definition) is 1. The van der Waals surface area contributed by atoms with Gasteiger partial charge in [0.2, 0.25) is 0 Å². The van der Waals surface area contributed by atoms with Gasteiger partial charge >= 0.3 is 0 Å². The van der Waals surface area contributed by atoms with E-state index < -0.39 is 0 Å². The molecule has 2 nitrogen and oxygen atoms in total. The predicted octanol–water partition coefficient (Wildman–Crippen LogP) is 4.89. The van der Waals surface area contributed by atoms with Crippen LogP contribution in [0.25, 0.3) is 11.6 Å². The number of fused-ring (bicyclic) bond motifs is 1. The van der Waals surface area contributed by atoms with E-state index >= 15 is 0 Å². The summed E-state index contributed by atoms with van der Waals surface area (Å²) in [5, 5.41) is 0. The van der Waals surface area contributed by atoms with Gasteiger partial charge in [-0.1, -0.05) is 66.7 Å². The number of carbonyl (C=O) groups excluding carboxylic acids is 1. The lowest BCUT2D eigenvalue weighted by Gasteiger charge is -2.30. The number of anilines is 1. The van der Waals surface area contributed by atoms with E-state index in [9.17, 15) is 4.79 Å². The molecule has 0 unspecified atom stereocenters. The van der Waals surface area contributed by atoms with Gasteiger partial charge in [0.05, 0.1) is 12.2 Å². The van der Waals surface area contributed by atoms with Crippen LogP contribution in [0.15, 0.2) is 84.9 Å². The molecule has 24 heavy (non-hydrogen) atoms. The number of hydrogen-bond donors (Lipinski definition) is 0. The van der Waals surface area contributed by atoms with Crippen LogP contribution in [-0.2, 0) is 0 Å². The van der Waals surface area contributed by atoms with Gasteiger partial charge < -0.3 is 4.90 Å². The summed E-state index contributed by atoms with van der Waals surface area (Å²) >= 11 is 0. The zero-order chi connectivity index (χ0) is 16.4. The van der Waals surface area contributed by atoms with Gasteiger partial charge in [-0.05, 0) is 41.0 Å². The van der Waals surface area contributed by atoms with Gasteiger partial charge in [0, 0.05) is 5.56 Å². The number of amides is 1. The molecule has 3 aromatic carbocycles. The van der Waals surface area contributed by atoms with Crippen molar-refractivity contribution in [3.05, 3.63) is 102 Å². The highest BCUT2D eigenvalue weighted by Crippen LogP contribution is 2.33. The fourth-order valence-electron chi connectivity index (χ4n) is 3.09. The van der Waals surface area contributed by atoms with Crippen molar-refractivity contribution in [1.29, 1.82) is 0 Å². The van der Waals surface area contributed by atoms with Crippen LogP contribution in [0.1, 0.15) is 21.5 Å². The minimum atomic E-state index is 0.0320. The van der Waals surface area contributed by atoms with Gasteiger partial charge in [0.1, 0.15) is 0 Å². The first kappa shape index (κ1) is 14.5. The topological polar surface area (TPSA) is 20.3 Å². The van der Waals surface area contributed by atoms with Crippen molar-refractivity contribution in [2.45, 2.75) is 0 Å². The van der Waals surface area contributed by atoms with Gasteiger partial charge in [-0.3, -0.25) is 4.79 Å². The third-order valence-corrected chi connectivity index (χ3v) is 4.30.